The third-order valence-corrected chi connectivity index (χ3v) is 3.69. The Balaban J connectivity index is 2.91. The van der Waals surface area contributed by atoms with Gasteiger partial charge < -0.3 is 5.11 Å². The summed E-state index contributed by atoms with van der Waals surface area (Å²) in [4.78, 5) is 0. The van der Waals surface area contributed by atoms with Gasteiger partial charge in [-0.05, 0) is 24.7 Å². The van der Waals surface area contributed by atoms with Gasteiger partial charge in [-0.1, -0.05) is 32.4 Å². The zero-order valence-corrected chi connectivity index (χ0v) is 8.59. The molecule has 1 rings (SSSR count). The SMILES string of the molecule is CC1=CC[C@H](C)C(C)(C)[C@@H]1CO. The van der Waals surface area contributed by atoms with Gasteiger partial charge in [0.25, 0.3) is 0 Å². The Morgan fingerprint density at radius 3 is 2.58 bits per heavy atom. The van der Waals surface area contributed by atoms with Gasteiger partial charge in [-0.3, -0.25) is 0 Å². The molecule has 0 spiro atoms. The molecule has 0 amide bonds. The molecule has 0 fully saturated rings. The minimum atomic E-state index is 0.258. The minimum absolute atomic E-state index is 0.258. The second-order valence-electron chi connectivity index (χ2n) is 4.64. The summed E-state index contributed by atoms with van der Waals surface area (Å²) in [6.07, 6.45) is 3.44. The van der Waals surface area contributed by atoms with Gasteiger partial charge in [-0.25, -0.2) is 0 Å². The molecule has 0 saturated heterocycles. The molecule has 2 atom stereocenters. The second-order valence-corrected chi connectivity index (χ2v) is 4.64. The van der Waals surface area contributed by atoms with E-state index < -0.39 is 0 Å². The fourth-order valence-electron chi connectivity index (χ4n) is 2.12. The summed E-state index contributed by atoms with van der Waals surface area (Å²) in [5, 5.41) is 9.27. The molecule has 70 valence electrons. The van der Waals surface area contributed by atoms with E-state index in [-0.39, 0.29) is 5.41 Å². The van der Waals surface area contributed by atoms with Crippen LogP contribution in [-0.4, -0.2) is 11.7 Å². The molecule has 0 aromatic heterocycles. The summed E-state index contributed by atoms with van der Waals surface area (Å²) in [5.41, 5.74) is 1.62. The van der Waals surface area contributed by atoms with Gasteiger partial charge in [0.05, 0.1) is 6.61 Å². The molecule has 0 unspecified atom stereocenters. The molecule has 0 aromatic rings. The number of allylic oxidation sites excluding steroid dienone is 1. The van der Waals surface area contributed by atoms with Crippen LogP contribution in [0.5, 0.6) is 0 Å². The van der Waals surface area contributed by atoms with Crippen LogP contribution in [0.4, 0.5) is 0 Å². The fraction of sp³-hybridized carbons (Fsp3) is 0.818. The van der Waals surface area contributed by atoms with Crippen molar-refractivity contribution in [2.75, 3.05) is 6.61 Å². The summed E-state index contributed by atoms with van der Waals surface area (Å²) < 4.78 is 0. The molecule has 0 heterocycles. The lowest BCUT2D eigenvalue weighted by atomic mass is 9.63. The molecule has 1 aliphatic carbocycles. The van der Waals surface area contributed by atoms with Crippen LogP contribution in [0.15, 0.2) is 11.6 Å². The van der Waals surface area contributed by atoms with E-state index in [4.69, 9.17) is 0 Å². The van der Waals surface area contributed by atoms with E-state index in [1.54, 1.807) is 0 Å². The predicted octanol–water partition coefficient (Wildman–Crippen LogP) is 2.61. The van der Waals surface area contributed by atoms with Crippen LogP contribution in [0.25, 0.3) is 0 Å². The highest BCUT2D eigenvalue weighted by Crippen LogP contribution is 2.44. The normalized spacial score (nSPS) is 34.6. The highest BCUT2D eigenvalue weighted by atomic mass is 16.3. The lowest BCUT2D eigenvalue weighted by molar-refractivity contribution is 0.0835. The van der Waals surface area contributed by atoms with Gasteiger partial charge >= 0.3 is 0 Å². The van der Waals surface area contributed by atoms with Crippen LogP contribution in [0.2, 0.25) is 0 Å². The topological polar surface area (TPSA) is 20.2 Å². The average molecular weight is 168 g/mol. The van der Waals surface area contributed by atoms with Gasteiger partial charge in [0.2, 0.25) is 0 Å². The zero-order chi connectivity index (χ0) is 9.35. The van der Waals surface area contributed by atoms with E-state index in [1.807, 2.05) is 0 Å². The maximum absolute atomic E-state index is 9.27. The van der Waals surface area contributed by atoms with E-state index in [1.165, 1.54) is 5.57 Å². The van der Waals surface area contributed by atoms with Crippen LogP contribution in [0, 0.1) is 17.3 Å². The molecule has 0 saturated carbocycles. The first-order valence-electron chi connectivity index (χ1n) is 4.77. The van der Waals surface area contributed by atoms with Crippen LogP contribution >= 0.6 is 0 Å². The largest absolute Gasteiger partial charge is 0.396 e. The van der Waals surface area contributed by atoms with Crippen molar-refractivity contribution in [2.45, 2.75) is 34.1 Å². The van der Waals surface area contributed by atoms with Gasteiger partial charge in [-0.2, -0.15) is 0 Å². The molecule has 0 radical (unpaired) electrons. The molecule has 12 heavy (non-hydrogen) atoms. The molecule has 1 heteroatoms. The summed E-state index contributed by atoms with van der Waals surface area (Å²) in [6, 6.07) is 0. The molecular weight excluding hydrogens is 148 g/mol. The number of aliphatic hydroxyl groups excluding tert-OH is 1. The first-order valence-corrected chi connectivity index (χ1v) is 4.77. The van der Waals surface area contributed by atoms with Crippen molar-refractivity contribution in [3.8, 4) is 0 Å². The molecule has 0 aliphatic heterocycles. The van der Waals surface area contributed by atoms with Crippen molar-refractivity contribution in [3.63, 3.8) is 0 Å². The maximum Gasteiger partial charge on any atom is 0.0501 e. The molecule has 0 aromatic carbocycles. The van der Waals surface area contributed by atoms with Gasteiger partial charge in [0, 0.05) is 5.92 Å². The molecular formula is C11H20O. The number of aliphatic hydroxyl groups is 1. The number of rotatable bonds is 1. The fourth-order valence-corrected chi connectivity index (χ4v) is 2.12. The monoisotopic (exact) mass is 168 g/mol. The van der Waals surface area contributed by atoms with Crippen molar-refractivity contribution in [2.24, 2.45) is 17.3 Å². The van der Waals surface area contributed by atoms with Crippen LogP contribution in [0.1, 0.15) is 34.1 Å². The van der Waals surface area contributed by atoms with Gasteiger partial charge in [0.1, 0.15) is 0 Å². The standard InChI is InChI=1S/C11H20O/c1-8-5-6-9(2)11(3,4)10(8)7-12/h5,9-10,12H,6-7H2,1-4H3/t9-,10+/m0/s1. The van der Waals surface area contributed by atoms with Crippen molar-refractivity contribution < 1.29 is 5.11 Å². The summed E-state index contributed by atoms with van der Waals surface area (Å²) in [6.45, 7) is 9.21. The average Bonchev–Trinajstić information content (AvgIpc) is 1.98. The first kappa shape index (κ1) is 9.79. The molecule has 1 nitrogen and oxygen atoms in total. The van der Waals surface area contributed by atoms with Gasteiger partial charge in [-0.15, -0.1) is 0 Å². The first-order chi connectivity index (χ1) is 5.50. The lowest BCUT2D eigenvalue weighted by Crippen LogP contribution is -2.36. The van der Waals surface area contributed by atoms with Crippen molar-refractivity contribution >= 4 is 0 Å². The second kappa shape index (κ2) is 3.21. The van der Waals surface area contributed by atoms with Crippen LogP contribution in [0.3, 0.4) is 0 Å². The van der Waals surface area contributed by atoms with E-state index in [2.05, 4.69) is 33.8 Å². The van der Waals surface area contributed by atoms with E-state index >= 15 is 0 Å². The highest BCUT2D eigenvalue weighted by molar-refractivity contribution is 5.13. The quantitative estimate of drug-likeness (QED) is 0.597. The molecule has 1 aliphatic rings. The van der Waals surface area contributed by atoms with Gasteiger partial charge in [0.15, 0.2) is 0 Å². The van der Waals surface area contributed by atoms with Crippen molar-refractivity contribution in [1.82, 2.24) is 0 Å². The Labute approximate surface area is 75.5 Å². The number of hydrogen-bond donors (Lipinski definition) is 1. The lowest BCUT2D eigenvalue weighted by Gasteiger charge is -2.42. The zero-order valence-electron chi connectivity index (χ0n) is 8.59. The third-order valence-electron chi connectivity index (χ3n) is 3.69. The molecule has 1 N–H and O–H groups in total. The Kier molecular flexibility index (Phi) is 2.62. The Morgan fingerprint density at radius 2 is 2.17 bits per heavy atom. The van der Waals surface area contributed by atoms with Crippen LogP contribution in [-0.2, 0) is 0 Å². The maximum atomic E-state index is 9.27. The van der Waals surface area contributed by atoms with E-state index in [0.717, 1.165) is 6.42 Å². The van der Waals surface area contributed by atoms with E-state index in [9.17, 15) is 5.11 Å². The Morgan fingerprint density at radius 1 is 1.58 bits per heavy atom. The highest BCUT2D eigenvalue weighted by Gasteiger charge is 2.37. The number of hydrogen-bond acceptors (Lipinski definition) is 1. The summed E-state index contributed by atoms with van der Waals surface area (Å²) >= 11 is 0. The van der Waals surface area contributed by atoms with Crippen molar-refractivity contribution in [3.05, 3.63) is 11.6 Å². The summed E-state index contributed by atoms with van der Waals surface area (Å²) in [5.74, 6) is 1.04. The molecule has 0 bridgehead atoms. The minimum Gasteiger partial charge on any atom is -0.396 e. The predicted molar refractivity (Wildman–Crippen MR) is 51.9 cm³/mol. The van der Waals surface area contributed by atoms with Crippen LogP contribution < -0.4 is 0 Å². The Bertz CT molecular complexity index is 191. The third kappa shape index (κ3) is 1.42. The Hall–Kier alpha value is -0.300. The van der Waals surface area contributed by atoms with Crippen molar-refractivity contribution in [1.29, 1.82) is 0 Å². The summed E-state index contributed by atoms with van der Waals surface area (Å²) in [7, 11) is 0. The van der Waals surface area contributed by atoms with E-state index in [0.29, 0.717) is 18.4 Å². The smallest absolute Gasteiger partial charge is 0.0501 e.